The van der Waals surface area contributed by atoms with Crippen molar-refractivity contribution in [3.63, 3.8) is 0 Å². The number of nitrogens with one attached hydrogen (secondary N) is 2. The molecule has 3 N–H and O–H groups in total. The van der Waals surface area contributed by atoms with E-state index < -0.39 is 10.0 Å². The van der Waals surface area contributed by atoms with Crippen molar-refractivity contribution >= 4 is 61.7 Å². The summed E-state index contributed by atoms with van der Waals surface area (Å²) in [5, 5.41) is 21.3. The van der Waals surface area contributed by atoms with Gasteiger partial charge in [-0.05, 0) is 35.4 Å². The van der Waals surface area contributed by atoms with E-state index in [0.717, 1.165) is 29.6 Å². The number of anilines is 3. The molecule has 1 atom stereocenters. The fourth-order valence-corrected chi connectivity index (χ4v) is 8.62. The van der Waals surface area contributed by atoms with Gasteiger partial charge in [0.25, 0.3) is 10.0 Å². The predicted octanol–water partition coefficient (Wildman–Crippen LogP) is 5.37. The lowest BCUT2D eigenvalue weighted by Gasteiger charge is -2.32. The number of piperazine rings is 1. The standard InChI is InChI=1S/C23H34N6O3S4/c1-6-28-7-9-29(10-8-28)36(31,32)23-20(30)17(13-34-23)24-21-22(27-35-26-21)25-19(15(4)5)18-11-16(12-33-18)14(2)3/h11-15,19,30H,6-10H2,1-5H3,(H,24,26)(H,25,27)/t19-/m1/s1. The van der Waals surface area contributed by atoms with Gasteiger partial charge in [0.05, 0.1) is 23.5 Å². The van der Waals surface area contributed by atoms with Gasteiger partial charge < -0.3 is 20.6 Å². The molecule has 13 heteroatoms. The minimum atomic E-state index is -3.78. The number of sulfonamides is 1. The topological polar surface area (TPSA) is 111 Å². The van der Waals surface area contributed by atoms with Crippen LogP contribution in [0, 0.1) is 5.92 Å². The van der Waals surface area contributed by atoms with E-state index in [-0.39, 0.29) is 16.0 Å². The maximum atomic E-state index is 13.2. The van der Waals surface area contributed by atoms with Crippen LogP contribution < -0.4 is 10.6 Å². The molecule has 4 heterocycles. The molecule has 0 unspecified atom stereocenters. The molecule has 0 spiro atoms. The molecule has 0 radical (unpaired) electrons. The zero-order chi connectivity index (χ0) is 26.0. The van der Waals surface area contributed by atoms with Gasteiger partial charge in [0.2, 0.25) is 0 Å². The van der Waals surface area contributed by atoms with Crippen molar-refractivity contribution in [1.82, 2.24) is 18.0 Å². The van der Waals surface area contributed by atoms with Crippen molar-refractivity contribution in [3.8, 4) is 5.75 Å². The predicted molar refractivity (Wildman–Crippen MR) is 150 cm³/mol. The van der Waals surface area contributed by atoms with Gasteiger partial charge in [-0.1, -0.05) is 34.6 Å². The van der Waals surface area contributed by atoms with Gasteiger partial charge in [0.1, 0.15) is 0 Å². The van der Waals surface area contributed by atoms with Crippen LogP contribution in [0.4, 0.5) is 17.3 Å². The fourth-order valence-electron chi connectivity index (χ4n) is 4.05. The fraction of sp³-hybridized carbons (Fsp3) is 0.565. The van der Waals surface area contributed by atoms with Gasteiger partial charge in [-0.2, -0.15) is 13.1 Å². The Balaban J connectivity index is 1.51. The van der Waals surface area contributed by atoms with Crippen molar-refractivity contribution < 1.29 is 13.5 Å². The molecule has 0 saturated carbocycles. The van der Waals surface area contributed by atoms with Crippen LogP contribution in [0.1, 0.15) is 57.0 Å². The highest BCUT2D eigenvalue weighted by Gasteiger charge is 2.33. The number of thiophene rings is 2. The summed E-state index contributed by atoms with van der Waals surface area (Å²) >= 11 is 3.80. The molecule has 198 valence electrons. The van der Waals surface area contributed by atoms with E-state index in [9.17, 15) is 13.5 Å². The van der Waals surface area contributed by atoms with E-state index in [1.807, 2.05) is 0 Å². The summed E-state index contributed by atoms with van der Waals surface area (Å²) < 4.78 is 36.6. The Bertz CT molecular complexity index is 1260. The van der Waals surface area contributed by atoms with Crippen LogP contribution in [0.15, 0.2) is 21.0 Å². The lowest BCUT2D eigenvalue weighted by Crippen LogP contribution is -2.48. The monoisotopic (exact) mass is 570 g/mol. The lowest BCUT2D eigenvalue weighted by molar-refractivity contribution is 0.196. The van der Waals surface area contributed by atoms with Crippen LogP contribution in [-0.2, 0) is 10.0 Å². The van der Waals surface area contributed by atoms with Crippen LogP contribution in [-0.4, -0.2) is 64.2 Å². The Labute approximate surface area is 225 Å². The van der Waals surface area contributed by atoms with Crippen molar-refractivity contribution in [1.29, 1.82) is 0 Å². The Hall–Kier alpha value is -1.77. The van der Waals surface area contributed by atoms with Crippen molar-refractivity contribution in [2.45, 2.75) is 50.8 Å². The molecule has 1 aliphatic rings. The second-order valence-electron chi connectivity index (χ2n) is 9.51. The molecule has 1 aliphatic heterocycles. The van der Waals surface area contributed by atoms with E-state index in [0.29, 0.717) is 55.3 Å². The minimum absolute atomic E-state index is 0.0424. The SMILES string of the molecule is CCN1CCN(S(=O)(=O)c2scc(Nc3nsnc3N[C@@H](c3cc(C(C)C)cs3)C(C)C)c2O)CC1. The normalized spacial score (nSPS) is 16.6. The molecule has 0 bridgehead atoms. The van der Waals surface area contributed by atoms with Crippen molar-refractivity contribution in [2.24, 2.45) is 5.92 Å². The van der Waals surface area contributed by atoms with E-state index in [4.69, 9.17) is 0 Å². The number of hydrogen-bond donors (Lipinski definition) is 3. The number of nitrogens with zero attached hydrogens (tertiary/aromatic N) is 4. The molecule has 3 aromatic rings. The van der Waals surface area contributed by atoms with Crippen LogP contribution in [0.3, 0.4) is 0 Å². The third kappa shape index (κ3) is 5.70. The number of rotatable bonds is 10. The zero-order valence-electron chi connectivity index (χ0n) is 21.2. The molecule has 4 rings (SSSR count). The van der Waals surface area contributed by atoms with Crippen LogP contribution >= 0.6 is 34.4 Å². The average Bonchev–Trinajstić information content (AvgIpc) is 3.58. The highest BCUT2D eigenvalue weighted by Crippen LogP contribution is 2.42. The quantitative estimate of drug-likeness (QED) is 0.298. The van der Waals surface area contributed by atoms with Crippen LogP contribution in [0.5, 0.6) is 5.75 Å². The Morgan fingerprint density at radius 1 is 1.06 bits per heavy atom. The van der Waals surface area contributed by atoms with Crippen LogP contribution in [0.25, 0.3) is 0 Å². The van der Waals surface area contributed by atoms with Gasteiger partial charge in [-0.25, -0.2) is 8.42 Å². The average molecular weight is 571 g/mol. The first-order chi connectivity index (χ1) is 17.1. The molecular weight excluding hydrogens is 537 g/mol. The second-order valence-corrected chi connectivity index (χ2v) is 14.0. The first kappa shape index (κ1) is 27.3. The Kier molecular flexibility index (Phi) is 8.57. The molecule has 9 nitrogen and oxygen atoms in total. The summed E-state index contributed by atoms with van der Waals surface area (Å²) in [5.41, 5.74) is 1.62. The van der Waals surface area contributed by atoms with E-state index in [1.165, 1.54) is 14.7 Å². The van der Waals surface area contributed by atoms with Crippen molar-refractivity contribution in [3.05, 3.63) is 27.3 Å². The van der Waals surface area contributed by atoms with E-state index in [1.54, 1.807) is 16.7 Å². The largest absolute Gasteiger partial charge is 0.504 e. The van der Waals surface area contributed by atoms with Crippen molar-refractivity contribution in [2.75, 3.05) is 43.4 Å². The lowest BCUT2D eigenvalue weighted by atomic mass is 10.00. The Morgan fingerprint density at radius 3 is 2.36 bits per heavy atom. The van der Waals surface area contributed by atoms with Crippen LogP contribution in [0.2, 0.25) is 0 Å². The molecule has 0 aliphatic carbocycles. The summed E-state index contributed by atoms with van der Waals surface area (Å²) in [7, 11) is -3.78. The summed E-state index contributed by atoms with van der Waals surface area (Å²) in [6.45, 7) is 13.8. The molecular formula is C23H34N6O3S4. The summed E-state index contributed by atoms with van der Waals surface area (Å²) in [6.07, 6.45) is 0. The molecule has 0 amide bonds. The highest BCUT2D eigenvalue weighted by atomic mass is 32.2. The number of aromatic nitrogens is 2. The van der Waals surface area contributed by atoms with Gasteiger partial charge in [0.15, 0.2) is 21.6 Å². The summed E-state index contributed by atoms with van der Waals surface area (Å²) in [4.78, 5) is 3.43. The van der Waals surface area contributed by atoms with Gasteiger partial charge in [-0.15, -0.1) is 22.7 Å². The van der Waals surface area contributed by atoms with Gasteiger partial charge in [-0.3, -0.25) is 0 Å². The summed E-state index contributed by atoms with van der Waals surface area (Å²) in [6, 6.07) is 2.28. The van der Waals surface area contributed by atoms with Gasteiger partial charge in [0, 0.05) is 36.4 Å². The molecule has 36 heavy (non-hydrogen) atoms. The molecule has 3 aromatic heterocycles. The maximum absolute atomic E-state index is 13.2. The molecule has 1 fully saturated rings. The number of hydrogen-bond acceptors (Lipinski definition) is 11. The first-order valence-electron chi connectivity index (χ1n) is 12.1. The number of aromatic hydroxyl groups is 1. The first-order valence-corrected chi connectivity index (χ1v) is 16.0. The summed E-state index contributed by atoms with van der Waals surface area (Å²) in [5.74, 6) is 1.52. The Morgan fingerprint density at radius 2 is 1.75 bits per heavy atom. The van der Waals surface area contributed by atoms with Gasteiger partial charge >= 0.3 is 0 Å². The minimum Gasteiger partial charge on any atom is -0.504 e. The smallest absolute Gasteiger partial charge is 0.256 e. The highest BCUT2D eigenvalue weighted by molar-refractivity contribution is 7.91. The third-order valence-electron chi connectivity index (χ3n) is 6.40. The van der Waals surface area contributed by atoms with E-state index >= 15 is 0 Å². The number of likely N-dealkylation sites (N-methyl/N-ethyl adjacent to an activating group) is 1. The second kappa shape index (κ2) is 11.3. The molecule has 1 saturated heterocycles. The van der Waals surface area contributed by atoms with E-state index in [2.05, 4.69) is 70.3 Å². The maximum Gasteiger partial charge on any atom is 0.256 e. The molecule has 0 aromatic carbocycles. The zero-order valence-corrected chi connectivity index (χ0v) is 24.5. The third-order valence-corrected chi connectivity index (χ3v) is 11.3.